The summed E-state index contributed by atoms with van der Waals surface area (Å²) in [5.74, 6) is 0.397. The smallest absolute Gasteiger partial charge is 0.258 e. The minimum atomic E-state index is -0.198. The van der Waals surface area contributed by atoms with E-state index < -0.39 is 0 Å². The number of fused-ring (bicyclic) bond motifs is 1. The Balaban J connectivity index is 1.29. The van der Waals surface area contributed by atoms with Crippen LogP contribution < -0.4 is 10.9 Å². The number of carbonyl (C=O) groups excluding carboxylic acids is 2. The van der Waals surface area contributed by atoms with Gasteiger partial charge in [-0.15, -0.1) is 0 Å². The highest BCUT2D eigenvalue weighted by molar-refractivity contribution is 5.93. The fourth-order valence-corrected chi connectivity index (χ4v) is 4.00. The molecule has 160 valence electrons. The van der Waals surface area contributed by atoms with Crippen molar-refractivity contribution in [3.63, 3.8) is 0 Å². The molecule has 0 spiro atoms. The van der Waals surface area contributed by atoms with Crippen LogP contribution in [0.4, 0.5) is 5.69 Å². The van der Waals surface area contributed by atoms with Crippen molar-refractivity contribution in [2.75, 3.05) is 18.4 Å². The number of H-pyrrole nitrogens is 1. The highest BCUT2D eigenvalue weighted by Crippen LogP contribution is 2.20. The maximum Gasteiger partial charge on any atom is 0.258 e. The molecular formula is C24H26N4O3. The summed E-state index contributed by atoms with van der Waals surface area (Å²) in [5, 5.41) is 3.50. The molecule has 0 aliphatic carbocycles. The molecule has 7 nitrogen and oxygen atoms in total. The quantitative estimate of drug-likeness (QED) is 0.643. The first-order chi connectivity index (χ1) is 15.1. The van der Waals surface area contributed by atoms with Crippen molar-refractivity contribution in [3.05, 3.63) is 70.8 Å². The van der Waals surface area contributed by atoms with Crippen molar-refractivity contribution in [1.29, 1.82) is 0 Å². The minimum Gasteiger partial charge on any atom is -0.342 e. The Bertz CT molecular complexity index is 1130. The number of nitrogens with zero attached hydrogens (tertiary/aromatic N) is 2. The molecule has 1 unspecified atom stereocenters. The molecule has 2 aromatic carbocycles. The number of likely N-dealkylation sites (tertiary alicyclic amines) is 1. The number of nitrogens with one attached hydrogen (secondary N) is 2. The lowest BCUT2D eigenvalue weighted by molar-refractivity contribution is -0.134. The van der Waals surface area contributed by atoms with Crippen LogP contribution in [0.1, 0.15) is 31.5 Å². The summed E-state index contributed by atoms with van der Waals surface area (Å²) in [6.07, 6.45) is 3.08. The molecule has 1 atom stereocenters. The Morgan fingerprint density at radius 1 is 1.10 bits per heavy atom. The Hall–Kier alpha value is -3.48. The summed E-state index contributed by atoms with van der Waals surface area (Å²) in [4.78, 5) is 46.5. The van der Waals surface area contributed by atoms with Crippen molar-refractivity contribution >= 4 is 28.4 Å². The van der Waals surface area contributed by atoms with Crippen LogP contribution in [0.15, 0.2) is 59.4 Å². The summed E-state index contributed by atoms with van der Waals surface area (Å²) in [7, 11) is 0. The number of hydrogen-bond acceptors (Lipinski definition) is 4. The number of benzene rings is 2. The van der Waals surface area contributed by atoms with Gasteiger partial charge in [0.2, 0.25) is 11.8 Å². The van der Waals surface area contributed by atoms with Gasteiger partial charge in [0.1, 0.15) is 5.82 Å². The van der Waals surface area contributed by atoms with Crippen molar-refractivity contribution in [2.24, 2.45) is 5.92 Å². The lowest BCUT2D eigenvalue weighted by atomic mass is 9.96. The number of amides is 2. The van der Waals surface area contributed by atoms with Crippen molar-refractivity contribution in [1.82, 2.24) is 14.9 Å². The van der Waals surface area contributed by atoms with Gasteiger partial charge in [-0.3, -0.25) is 14.4 Å². The van der Waals surface area contributed by atoms with E-state index in [-0.39, 0.29) is 23.3 Å². The fraction of sp³-hybridized carbons (Fsp3) is 0.333. The van der Waals surface area contributed by atoms with Gasteiger partial charge in [-0.2, -0.15) is 0 Å². The van der Waals surface area contributed by atoms with E-state index in [2.05, 4.69) is 15.3 Å². The molecule has 2 N–H and O–H groups in total. The summed E-state index contributed by atoms with van der Waals surface area (Å²) in [6.45, 7) is 1.13. The van der Waals surface area contributed by atoms with Crippen LogP contribution in [0.3, 0.4) is 0 Å². The van der Waals surface area contributed by atoms with Crippen LogP contribution in [0.25, 0.3) is 10.9 Å². The van der Waals surface area contributed by atoms with Crippen molar-refractivity contribution in [2.45, 2.75) is 32.1 Å². The summed E-state index contributed by atoms with van der Waals surface area (Å²) >= 11 is 0. The number of rotatable bonds is 6. The van der Waals surface area contributed by atoms with Crippen LogP contribution >= 0.6 is 0 Å². The molecule has 0 radical (unpaired) electrons. The molecule has 0 bridgehead atoms. The average molecular weight is 418 g/mol. The lowest BCUT2D eigenvalue weighted by Gasteiger charge is -2.32. The van der Waals surface area contributed by atoms with Gasteiger partial charge in [0.15, 0.2) is 0 Å². The van der Waals surface area contributed by atoms with E-state index in [1.165, 1.54) is 0 Å². The standard InChI is InChI=1S/C24H26N4O3/c29-22(14-6-13-21-26-20-12-5-4-11-19(20)24(31)27-21)28-15-7-8-17(16-28)23(30)25-18-9-2-1-3-10-18/h1-5,9-12,17H,6-8,13-16H2,(H,25,30)(H,26,27,31). The molecule has 1 fully saturated rings. The molecule has 2 amide bonds. The van der Waals surface area contributed by atoms with E-state index in [9.17, 15) is 14.4 Å². The first-order valence-electron chi connectivity index (χ1n) is 10.7. The maximum absolute atomic E-state index is 12.7. The Morgan fingerprint density at radius 2 is 1.87 bits per heavy atom. The number of anilines is 1. The van der Waals surface area contributed by atoms with E-state index >= 15 is 0 Å². The predicted molar refractivity (Wildman–Crippen MR) is 120 cm³/mol. The number of hydrogen-bond donors (Lipinski definition) is 2. The molecule has 1 aliphatic heterocycles. The van der Waals surface area contributed by atoms with E-state index in [0.717, 1.165) is 18.5 Å². The van der Waals surface area contributed by atoms with Crippen LogP contribution in [0, 0.1) is 5.92 Å². The molecule has 1 aromatic heterocycles. The zero-order valence-electron chi connectivity index (χ0n) is 17.3. The van der Waals surface area contributed by atoms with Gasteiger partial charge >= 0.3 is 0 Å². The molecular weight excluding hydrogens is 392 g/mol. The SMILES string of the molecule is O=C(Nc1ccccc1)C1CCCN(C(=O)CCCc2nc3ccccc3c(=O)[nH]2)C1. The second-order valence-electron chi connectivity index (χ2n) is 7.92. The number of aryl methyl sites for hydroxylation is 1. The number of piperidine rings is 1. The summed E-state index contributed by atoms with van der Waals surface area (Å²) < 4.78 is 0. The first kappa shape index (κ1) is 20.8. The third-order valence-electron chi connectivity index (χ3n) is 5.65. The number of aromatic nitrogens is 2. The molecule has 0 saturated carbocycles. The second-order valence-corrected chi connectivity index (χ2v) is 7.92. The topological polar surface area (TPSA) is 95.2 Å². The van der Waals surface area contributed by atoms with E-state index in [4.69, 9.17) is 0 Å². The highest BCUT2D eigenvalue weighted by atomic mass is 16.2. The third kappa shape index (κ3) is 5.17. The van der Waals surface area contributed by atoms with Crippen LogP contribution in [-0.4, -0.2) is 39.8 Å². The molecule has 2 heterocycles. The lowest BCUT2D eigenvalue weighted by Crippen LogP contribution is -2.43. The van der Waals surface area contributed by atoms with Crippen LogP contribution in [0.5, 0.6) is 0 Å². The van der Waals surface area contributed by atoms with E-state index in [0.29, 0.717) is 49.1 Å². The third-order valence-corrected chi connectivity index (χ3v) is 5.65. The largest absolute Gasteiger partial charge is 0.342 e. The molecule has 3 aromatic rings. The minimum absolute atomic E-state index is 0.0401. The fourth-order valence-electron chi connectivity index (χ4n) is 4.00. The van der Waals surface area contributed by atoms with Crippen LogP contribution in [-0.2, 0) is 16.0 Å². The molecule has 1 aliphatic rings. The van der Waals surface area contributed by atoms with E-state index in [1.807, 2.05) is 48.5 Å². The monoisotopic (exact) mass is 418 g/mol. The molecule has 31 heavy (non-hydrogen) atoms. The zero-order chi connectivity index (χ0) is 21.6. The first-order valence-corrected chi connectivity index (χ1v) is 10.7. The van der Waals surface area contributed by atoms with Crippen molar-refractivity contribution < 1.29 is 9.59 Å². The Morgan fingerprint density at radius 3 is 2.71 bits per heavy atom. The molecule has 1 saturated heterocycles. The van der Waals surface area contributed by atoms with Gasteiger partial charge in [0.25, 0.3) is 5.56 Å². The van der Waals surface area contributed by atoms with Gasteiger partial charge in [0, 0.05) is 31.6 Å². The summed E-state index contributed by atoms with van der Waals surface area (Å²) in [6, 6.07) is 16.6. The van der Waals surface area contributed by atoms with Crippen molar-refractivity contribution in [3.8, 4) is 0 Å². The number of carbonyl (C=O) groups is 2. The van der Waals surface area contributed by atoms with Gasteiger partial charge in [-0.05, 0) is 43.5 Å². The summed E-state index contributed by atoms with van der Waals surface area (Å²) in [5.41, 5.74) is 1.28. The average Bonchev–Trinajstić information content (AvgIpc) is 2.80. The van der Waals surface area contributed by atoms with Gasteiger partial charge in [-0.25, -0.2) is 4.98 Å². The Kier molecular flexibility index (Phi) is 6.40. The maximum atomic E-state index is 12.7. The number of aromatic amines is 1. The highest BCUT2D eigenvalue weighted by Gasteiger charge is 2.28. The molecule has 4 rings (SSSR count). The molecule has 7 heteroatoms. The second kappa shape index (κ2) is 9.55. The van der Waals surface area contributed by atoms with Gasteiger partial charge in [-0.1, -0.05) is 30.3 Å². The predicted octanol–water partition coefficient (Wildman–Crippen LogP) is 3.12. The van der Waals surface area contributed by atoms with Gasteiger partial charge < -0.3 is 15.2 Å². The van der Waals surface area contributed by atoms with Crippen LogP contribution in [0.2, 0.25) is 0 Å². The number of para-hydroxylation sites is 2. The zero-order valence-corrected chi connectivity index (χ0v) is 17.3. The Labute approximate surface area is 180 Å². The van der Waals surface area contributed by atoms with E-state index in [1.54, 1.807) is 11.0 Å². The van der Waals surface area contributed by atoms with Gasteiger partial charge in [0.05, 0.1) is 16.8 Å². The normalized spacial score (nSPS) is 16.3.